The van der Waals surface area contributed by atoms with Gasteiger partial charge in [-0.15, -0.1) is 0 Å². The third-order valence-electron chi connectivity index (χ3n) is 7.15. The second-order valence-corrected chi connectivity index (χ2v) is 10.8. The summed E-state index contributed by atoms with van der Waals surface area (Å²) in [5.74, 6) is 0.514. The third kappa shape index (κ3) is 4.79. The molecule has 9 heteroatoms. The van der Waals surface area contributed by atoms with Gasteiger partial charge in [0.25, 0.3) is 5.56 Å². The van der Waals surface area contributed by atoms with Gasteiger partial charge in [-0.1, -0.05) is 29.8 Å². The molecule has 0 spiro atoms. The van der Waals surface area contributed by atoms with Crippen molar-refractivity contribution in [1.29, 1.82) is 0 Å². The topological polar surface area (TPSA) is 93.2 Å². The number of halogens is 1. The van der Waals surface area contributed by atoms with Crippen LogP contribution in [0.5, 0.6) is 0 Å². The molecule has 1 atom stereocenters. The van der Waals surface area contributed by atoms with Crippen molar-refractivity contribution in [3.8, 4) is 11.1 Å². The van der Waals surface area contributed by atoms with Gasteiger partial charge in [-0.25, -0.2) is 9.97 Å². The van der Waals surface area contributed by atoms with Crippen LogP contribution in [0.25, 0.3) is 22.0 Å². The van der Waals surface area contributed by atoms with E-state index in [1.54, 1.807) is 42.9 Å². The highest BCUT2D eigenvalue weighted by Crippen LogP contribution is 2.27. The maximum atomic E-state index is 13.0. The van der Waals surface area contributed by atoms with Gasteiger partial charge in [0.1, 0.15) is 5.60 Å². The molecule has 2 aromatic carbocycles. The van der Waals surface area contributed by atoms with E-state index in [1.807, 2.05) is 48.1 Å². The van der Waals surface area contributed by atoms with E-state index < -0.39 is 5.60 Å². The summed E-state index contributed by atoms with van der Waals surface area (Å²) in [6.45, 7) is 4.47. The van der Waals surface area contributed by atoms with E-state index in [4.69, 9.17) is 11.6 Å². The number of aromatic nitrogens is 4. The van der Waals surface area contributed by atoms with Crippen LogP contribution in [0.1, 0.15) is 37.2 Å². The van der Waals surface area contributed by atoms with Crippen LogP contribution in [0.4, 0.5) is 0 Å². The van der Waals surface area contributed by atoms with Crippen LogP contribution >= 0.6 is 11.6 Å². The standard InChI is InChI=1S/C28H30ClN5O3/c1-28(2,37)27-30-14-21(15-31-27)18-6-7-22-24(13-18)34(33(4)26(22)36)16-20-12-17(5-8-23(20)29)11-19-9-10-32(3)25(19)35/h5-8,12-15,19,37H,9-11,16H2,1-4H3. The number of aliphatic hydroxyl groups is 1. The Bertz CT molecular complexity index is 1550. The molecule has 4 aromatic rings. The van der Waals surface area contributed by atoms with Crippen LogP contribution in [-0.2, 0) is 30.4 Å². The quantitative estimate of drug-likeness (QED) is 0.419. The van der Waals surface area contributed by atoms with Crippen molar-refractivity contribution in [3.05, 3.63) is 81.1 Å². The molecular formula is C28H30ClN5O3. The number of hydrogen-bond acceptors (Lipinski definition) is 5. The molecule has 1 aliphatic rings. The van der Waals surface area contributed by atoms with Crippen molar-refractivity contribution in [2.24, 2.45) is 13.0 Å². The molecular weight excluding hydrogens is 490 g/mol. The Labute approximate surface area is 220 Å². The molecule has 5 rings (SSSR count). The van der Waals surface area contributed by atoms with E-state index in [9.17, 15) is 14.7 Å². The van der Waals surface area contributed by atoms with Crippen LogP contribution in [0.2, 0.25) is 5.02 Å². The fraction of sp³-hybridized carbons (Fsp3) is 0.357. The monoisotopic (exact) mass is 519 g/mol. The number of hydrogen-bond donors (Lipinski definition) is 1. The Balaban J connectivity index is 1.49. The van der Waals surface area contributed by atoms with Crippen LogP contribution in [0.3, 0.4) is 0 Å². The first-order chi connectivity index (χ1) is 17.5. The Kier molecular flexibility index (Phi) is 6.41. The van der Waals surface area contributed by atoms with E-state index in [0.29, 0.717) is 29.2 Å². The lowest BCUT2D eigenvalue weighted by Gasteiger charge is -2.15. The Hall–Kier alpha value is -3.49. The van der Waals surface area contributed by atoms with Gasteiger partial charge in [-0.3, -0.25) is 19.0 Å². The van der Waals surface area contributed by atoms with E-state index in [0.717, 1.165) is 40.7 Å². The first-order valence-electron chi connectivity index (χ1n) is 12.3. The molecule has 0 radical (unpaired) electrons. The maximum Gasteiger partial charge on any atom is 0.274 e. The number of carbonyl (C=O) groups is 1. The maximum absolute atomic E-state index is 13.0. The predicted octanol–water partition coefficient (Wildman–Crippen LogP) is 3.75. The van der Waals surface area contributed by atoms with Gasteiger partial charge in [0.15, 0.2) is 5.82 Å². The van der Waals surface area contributed by atoms with Crippen LogP contribution in [0, 0.1) is 5.92 Å². The zero-order valence-electron chi connectivity index (χ0n) is 21.4. The molecule has 1 amide bonds. The second-order valence-electron chi connectivity index (χ2n) is 10.3. The minimum atomic E-state index is -1.13. The first kappa shape index (κ1) is 25.2. The molecule has 1 unspecified atom stereocenters. The lowest BCUT2D eigenvalue weighted by atomic mass is 9.97. The van der Waals surface area contributed by atoms with Gasteiger partial charge in [-0.2, -0.15) is 0 Å². The Morgan fingerprint density at radius 3 is 2.43 bits per heavy atom. The van der Waals surface area contributed by atoms with Crippen molar-refractivity contribution in [2.75, 3.05) is 13.6 Å². The molecule has 0 saturated carbocycles. The molecule has 2 aromatic heterocycles. The lowest BCUT2D eigenvalue weighted by molar-refractivity contribution is -0.129. The number of amides is 1. The number of nitrogens with zero attached hydrogens (tertiary/aromatic N) is 5. The summed E-state index contributed by atoms with van der Waals surface area (Å²) in [5.41, 5.74) is 3.12. The molecule has 3 heterocycles. The van der Waals surface area contributed by atoms with Gasteiger partial charge in [0.2, 0.25) is 5.91 Å². The lowest BCUT2D eigenvalue weighted by Crippen LogP contribution is -2.23. The molecule has 0 aliphatic carbocycles. The van der Waals surface area contributed by atoms with Crippen molar-refractivity contribution in [1.82, 2.24) is 24.2 Å². The summed E-state index contributed by atoms with van der Waals surface area (Å²) in [6.07, 6.45) is 4.88. The largest absolute Gasteiger partial charge is 0.382 e. The zero-order valence-corrected chi connectivity index (χ0v) is 22.2. The molecule has 1 fully saturated rings. The first-order valence-corrected chi connectivity index (χ1v) is 12.7. The zero-order chi connectivity index (χ0) is 26.5. The number of rotatable bonds is 6. The summed E-state index contributed by atoms with van der Waals surface area (Å²) >= 11 is 6.59. The summed E-state index contributed by atoms with van der Waals surface area (Å²) in [5, 5.41) is 11.4. The number of likely N-dealkylation sites (tertiary alicyclic amines) is 1. The van der Waals surface area contributed by atoms with Gasteiger partial charge < -0.3 is 10.0 Å². The Morgan fingerprint density at radius 2 is 1.78 bits per heavy atom. The summed E-state index contributed by atoms with van der Waals surface area (Å²) in [4.78, 5) is 35.8. The van der Waals surface area contributed by atoms with Crippen molar-refractivity contribution >= 4 is 28.4 Å². The highest BCUT2D eigenvalue weighted by atomic mass is 35.5. The van der Waals surface area contributed by atoms with Crippen LogP contribution in [0.15, 0.2) is 53.6 Å². The molecule has 192 valence electrons. The summed E-state index contributed by atoms with van der Waals surface area (Å²) < 4.78 is 3.51. The predicted molar refractivity (Wildman–Crippen MR) is 143 cm³/mol. The van der Waals surface area contributed by atoms with Gasteiger partial charge >= 0.3 is 0 Å². The molecule has 1 aliphatic heterocycles. The minimum Gasteiger partial charge on any atom is -0.382 e. The normalized spacial score (nSPS) is 16.2. The number of carbonyl (C=O) groups excluding carboxylic acids is 1. The second kappa shape index (κ2) is 9.43. The summed E-state index contributed by atoms with van der Waals surface area (Å²) in [7, 11) is 3.59. The number of benzene rings is 2. The van der Waals surface area contributed by atoms with Gasteiger partial charge in [0, 0.05) is 49.5 Å². The van der Waals surface area contributed by atoms with Crippen LogP contribution < -0.4 is 5.56 Å². The molecule has 1 N–H and O–H groups in total. The molecule has 0 bridgehead atoms. The minimum absolute atomic E-state index is 0.0108. The van der Waals surface area contributed by atoms with Crippen molar-refractivity contribution in [3.63, 3.8) is 0 Å². The molecule has 8 nitrogen and oxygen atoms in total. The van der Waals surface area contributed by atoms with Crippen molar-refractivity contribution in [2.45, 2.75) is 38.8 Å². The smallest absolute Gasteiger partial charge is 0.274 e. The van der Waals surface area contributed by atoms with Gasteiger partial charge in [0.05, 0.1) is 17.4 Å². The highest BCUT2D eigenvalue weighted by molar-refractivity contribution is 6.31. The van der Waals surface area contributed by atoms with E-state index >= 15 is 0 Å². The summed E-state index contributed by atoms with van der Waals surface area (Å²) in [6, 6.07) is 11.5. The molecule has 1 saturated heterocycles. The van der Waals surface area contributed by atoms with Crippen LogP contribution in [-0.4, -0.2) is 48.8 Å². The number of fused-ring (bicyclic) bond motifs is 1. The van der Waals surface area contributed by atoms with E-state index in [-0.39, 0.29) is 17.4 Å². The SMILES string of the molecule is CN1CCC(Cc2ccc(Cl)c(Cn3c4cc(-c5cnc(C(C)(C)O)nc5)ccc4c(=O)n3C)c2)C1=O. The van der Waals surface area contributed by atoms with E-state index in [2.05, 4.69) is 9.97 Å². The third-order valence-corrected chi connectivity index (χ3v) is 7.51. The fourth-order valence-corrected chi connectivity index (χ4v) is 5.12. The highest BCUT2D eigenvalue weighted by Gasteiger charge is 2.29. The average Bonchev–Trinajstić information content (AvgIpc) is 3.31. The van der Waals surface area contributed by atoms with E-state index in [1.165, 1.54) is 0 Å². The Morgan fingerprint density at radius 1 is 1.05 bits per heavy atom. The average molecular weight is 520 g/mol. The van der Waals surface area contributed by atoms with Gasteiger partial charge in [-0.05, 0) is 61.6 Å². The molecule has 37 heavy (non-hydrogen) atoms. The van der Waals surface area contributed by atoms with Crippen molar-refractivity contribution < 1.29 is 9.90 Å². The fourth-order valence-electron chi connectivity index (χ4n) is 4.94.